The number of hydrogen-bond donors (Lipinski definition) is 2. The maximum atomic E-state index is 12.0. The molecule has 130 valence electrons. The molecule has 0 aliphatic carbocycles. The van der Waals surface area contributed by atoms with Crippen LogP contribution in [0.2, 0.25) is 0 Å². The summed E-state index contributed by atoms with van der Waals surface area (Å²) in [6, 6.07) is 15.1. The third kappa shape index (κ3) is 2.65. The van der Waals surface area contributed by atoms with E-state index >= 15 is 0 Å². The van der Waals surface area contributed by atoms with Gasteiger partial charge in [0.1, 0.15) is 5.82 Å². The van der Waals surface area contributed by atoms with Gasteiger partial charge < -0.3 is 9.67 Å². The minimum absolute atomic E-state index is 0.179. The van der Waals surface area contributed by atoms with E-state index in [1.807, 2.05) is 30.3 Å². The van der Waals surface area contributed by atoms with E-state index < -0.39 is 0 Å². The molecule has 6 heteroatoms. The topological polar surface area (TPSA) is 83.3 Å². The summed E-state index contributed by atoms with van der Waals surface area (Å²) in [5.41, 5.74) is 2.21. The van der Waals surface area contributed by atoms with E-state index in [1.165, 1.54) is 0 Å². The summed E-state index contributed by atoms with van der Waals surface area (Å²) in [6.45, 7) is 3.26. The van der Waals surface area contributed by atoms with Gasteiger partial charge in [0.25, 0.3) is 5.56 Å². The van der Waals surface area contributed by atoms with Crippen LogP contribution in [-0.4, -0.2) is 25.9 Å². The average Bonchev–Trinajstić information content (AvgIpc) is 3.01. The van der Waals surface area contributed by atoms with Crippen molar-refractivity contribution in [1.82, 2.24) is 14.5 Å². The highest BCUT2D eigenvalue weighted by Gasteiger charge is 2.10. The number of H-pyrrole nitrogens is 1. The fourth-order valence-electron chi connectivity index (χ4n) is 3.23. The Bertz CT molecular complexity index is 1190. The van der Waals surface area contributed by atoms with Crippen LogP contribution in [0.5, 0.6) is 5.88 Å². The largest absolute Gasteiger partial charge is 0.494 e. The number of rotatable bonds is 4. The Balaban J connectivity index is 1.72. The summed E-state index contributed by atoms with van der Waals surface area (Å²) >= 11 is 0. The van der Waals surface area contributed by atoms with Gasteiger partial charge >= 0.3 is 0 Å². The molecule has 0 amide bonds. The van der Waals surface area contributed by atoms with Crippen LogP contribution in [0.1, 0.15) is 18.3 Å². The summed E-state index contributed by atoms with van der Waals surface area (Å²) in [5, 5.41) is 11.3. The van der Waals surface area contributed by atoms with Crippen LogP contribution in [0, 0.1) is 0 Å². The molecule has 0 atom stereocenters. The number of aliphatic imine (C=N–C) groups is 1. The number of aryl methyl sites for hydroxylation is 1. The second kappa shape index (κ2) is 6.48. The third-order valence-electron chi connectivity index (χ3n) is 4.45. The molecule has 0 saturated heterocycles. The predicted molar refractivity (Wildman–Crippen MR) is 103 cm³/mol. The van der Waals surface area contributed by atoms with Gasteiger partial charge in [-0.25, -0.2) is 4.98 Å². The lowest BCUT2D eigenvalue weighted by Gasteiger charge is -2.05. The zero-order chi connectivity index (χ0) is 18.1. The first-order valence-electron chi connectivity index (χ1n) is 8.47. The van der Waals surface area contributed by atoms with Crippen LogP contribution < -0.4 is 5.56 Å². The smallest absolute Gasteiger partial charge is 0.258 e. The Hall–Kier alpha value is -3.41. The molecule has 2 N–H and O–H groups in total. The molecule has 2 aromatic heterocycles. The lowest BCUT2D eigenvalue weighted by Crippen LogP contribution is -2.08. The highest BCUT2D eigenvalue weighted by Crippen LogP contribution is 2.21. The number of para-hydroxylation sites is 2. The molecule has 2 heterocycles. The Morgan fingerprint density at radius 1 is 1.15 bits per heavy atom. The maximum absolute atomic E-state index is 12.0. The van der Waals surface area contributed by atoms with E-state index in [1.54, 1.807) is 24.4 Å². The lowest BCUT2D eigenvalue weighted by molar-refractivity contribution is 0.452. The Morgan fingerprint density at radius 2 is 1.88 bits per heavy atom. The molecule has 0 unspecified atom stereocenters. The molecule has 26 heavy (non-hydrogen) atoms. The van der Waals surface area contributed by atoms with Crippen LogP contribution in [-0.2, 0) is 13.1 Å². The molecular weight excluding hydrogens is 328 g/mol. The van der Waals surface area contributed by atoms with Crippen LogP contribution in [0.3, 0.4) is 0 Å². The van der Waals surface area contributed by atoms with Gasteiger partial charge in [-0.2, -0.15) is 0 Å². The van der Waals surface area contributed by atoms with Crippen LogP contribution in [0.25, 0.3) is 21.8 Å². The first-order valence-corrected chi connectivity index (χ1v) is 8.47. The molecule has 0 fully saturated rings. The third-order valence-corrected chi connectivity index (χ3v) is 4.45. The number of imidazole rings is 1. The van der Waals surface area contributed by atoms with Crippen LogP contribution >= 0.6 is 0 Å². The van der Waals surface area contributed by atoms with E-state index in [0.717, 1.165) is 23.4 Å². The number of nitrogens with zero attached hydrogens (tertiary/aromatic N) is 3. The van der Waals surface area contributed by atoms with Crippen molar-refractivity contribution < 1.29 is 5.11 Å². The molecular formula is C20H18N4O2. The summed E-state index contributed by atoms with van der Waals surface area (Å²) in [4.78, 5) is 23.5. The number of nitrogens with one attached hydrogen (secondary N) is 1. The average molecular weight is 346 g/mol. The highest BCUT2D eigenvalue weighted by atomic mass is 16.3. The van der Waals surface area contributed by atoms with E-state index in [-0.39, 0.29) is 11.4 Å². The minimum atomic E-state index is -0.317. The second-order valence-corrected chi connectivity index (χ2v) is 5.99. The molecule has 0 aliphatic rings. The first-order chi connectivity index (χ1) is 12.7. The van der Waals surface area contributed by atoms with Crippen molar-refractivity contribution in [1.29, 1.82) is 0 Å². The van der Waals surface area contributed by atoms with Gasteiger partial charge in [0.15, 0.2) is 0 Å². The molecule has 0 saturated carbocycles. The van der Waals surface area contributed by atoms with Crippen molar-refractivity contribution in [3.63, 3.8) is 0 Å². The van der Waals surface area contributed by atoms with Gasteiger partial charge in [-0.05, 0) is 25.1 Å². The second-order valence-electron chi connectivity index (χ2n) is 5.99. The lowest BCUT2D eigenvalue weighted by atomic mass is 10.1. The Labute approximate surface area is 149 Å². The van der Waals surface area contributed by atoms with Crippen molar-refractivity contribution in [2.45, 2.75) is 20.0 Å². The van der Waals surface area contributed by atoms with Crippen molar-refractivity contribution in [2.75, 3.05) is 0 Å². The number of benzene rings is 2. The Morgan fingerprint density at radius 3 is 2.69 bits per heavy atom. The summed E-state index contributed by atoms with van der Waals surface area (Å²) in [7, 11) is 0. The normalized spacial score (nSPS) is 11.7. The van der Waals surface area contributed by atoms with Gasteiger partial charge in [0, 0.05) is 23.5 Å². The standard InChI is InChI=1S/C20H18N4O2/c1-2-24-17-10-6-5-9-16(17)22-18(24)12-21-11-15-13-7-3-4-8-14(13)19(25)23-20(15)26/h3-11H,2,12H2,1H3,(H2,23,25,26). The first kappa shape index (κ1) is 16.1. The van der Waals surface area contributed by atoms with Crippen molar-refractivity contribution in [2.24, 2.45) is 4.99 Å². The minimum Gasteiger partial charge on any atom is -0.494 e. The van der Waals surface area contributed by atoms with Crippen molar-refractivity contribution in [3.8, 4) is 5.88 Å². The van der Waals surface area contributed by atoms with Gasteiger partial charge in [-0.1, -0.05) is 30.3 Å². The van der Waals surface area contributed by atoms with Crippen LogP contribution in [0.4, 0.5) is 0 Å². The quantitative estimate of drug-likeness (QED) is 0.557. The summed E-state index contributed by atoms with van der Waals surface area (Å²) < 4.78 is 2.12. The number of aromatic amines is 1. The van der Waals surface area contributed by atoms with E-state index in [2.05, 4.69) is 26.5 Å². The maximum Gasteiger partial charge on any atom is 0.258 e. The zero-order valence-corrected chi connectivity index (χ0v) is 14.3. The van der Waals surface area contributed by atoms with Crippen LogP contribution in [0.15, 0.2) is 58.3 Å². The molecule has 2 aromatic carbocycles. The van der Waals surface area contributed by atoms with Crippen molar-refractivity contribution >= 4 is 28.0 Å². The Kier molecular flexibility index (Phi) is 4.01. The fourth-order valence-corrected chi connectivity index (χ4v) is 3.23. The number of hydrogen-bond acceptors (Lipinski definition) is 4. The molecule has 6 nitrogen and oxygen atoms in total. The zero-order valence-electron chi connectivity index (χ0n) is 14.3. The number of pyridine rings is 1. The summed E-state index contributed by atoms with van der Waals surface area (Å²) in [5.74, 6) is 0.680. The van der Waals surface area contributed by atoms with Gasteiger partial charge in [0.05, 0.1) is 23.1 Å². The molecule has 0 aliphatic heterocycles. The number of aromatic hydroxyl groups is 1. The SMILES string of the molecule is CCn1c(CN=Cc2c(O)[nH]c(=O)c3ccccc23)nc2ccccc21. The van der Waals surface area contributed by atoms with Gasteiger partial charge in [-0.15, -0.1) is 0 Å². The summed E-state index contributed by atoms with van der Waals surface area (Å²) in [6.07, 6.45) is 1.59. The molecule has 0 radical (unpaired) electrons. The molecule has 0 bridgehead atoms. The van der Waals surface area contributed by atoms with Gasteiger partial charge in [0.2, 0.25) is 5.88 Å². The predicted octanol–water partition coefficient (Wildman–Crippen LogP) is 3.22. The van der Waals surface area contributed by atoms with Crippen molar-refractivity contribution in [3.05, 3.63) is 70.3 Å². The highest BCUT2D eigenvalue weighted by molar-refractivity contribution is 6.01. The van der Waals surface area contributed by atoms with E-state index in [4.69, 9.17) is 0 Å². The number of fused-ring (bicyclic) bond motifs is 2. The molecule has 0 spiro atoms. The molecule has 4 rings (SSSR count). The van der Waals surface area contributed by atoms with E-state index in [0.29, 0.717) is 22.9 Å². The van der Waals surface area contributed by atoms with Gasteiger partial charge in [-0.3, -0.25) is 14.8 Å². The number of aromatic nitrogens is 3. The molecule has 4 aromatic rings. The monoisotopic (exact) mass is 346 g/mol. The fraction of sp³-hybridized carbons (Fsp3) is 0.150. The van der Waals surface area contributed by atoms with E-state index in [9.17, 15) is 9.90 Å².